The number of benzene rings is 1. The van der Waals surface area contributed by atoms with Gasteiger partial charge in [-0.05, 0) is 13.0 Å². The molecule has 0 aliphatic carbocycles. The largest absolute Gasteiger partial charge is 0.321 e. The number of rotatable bonds is 3. The van der Waals surface area contributed by atoms with E-state index in [9.17, 15) is 0 Å². The Labute approximate surface area is 106 Å². The van der Waals surface area contributed by atoms with Crippen molar-refractivity contribution in [3.05, 3.63) is 61.2 Å². The van der Waals surface area contributed by atoms with Gasteiger partial charge in [-0.3, -0.25) is 0 Å². The number of aryl methyl sites for hydroxylation is 1. The van der Waals surface area contributed by atoms with Gasteiger partial charge >= 0.3 is 0 Å². The van der Waals surface area contributed by atoms with Crippen LogP contribution in [0.2, 0.25) is 0 Å². The minimum absolute atomic E-state index is 0.826. The van der Waals surface area contributed by atoms with Crippen LogP contribution >= 0.6 is 0 Å². The third-order valence-corrected chi connectivity index (χ3v) is 3.23. The number of para-hydroxylation sites is 1. The zero-order valence-corrected chi connectivity index (χ0v) is 10.4. The number of allylic oxidation sites excluding steroid dienone is 1. The summed E-state index contributed by atoms with van der Waals surface area (Å²) in [5.41, 5.74) is 2.45. The van der Waals surface area contributed by atoms with Gasteiger partial charge in [-0.25, -0.2) is 4.57 Å². The number of nitrogens with zero attached hydrogens (tertiary/aromatic N) is 2. The maximum Gasteiger partial charge on any atom is 0.250 e. The van der Waals surface area contributed by atoms with Crippen molar-refractivity contribution in [3.8, 4) is 5.82 Å². The Balaban J connectivity index is 2.12. The van der Waals surface area contributed by atoms with E-state index >= 15 is 0 Å². The molecule has 1 N–H and O–H groups in total. The average molecular weight is 238 g/mol. The maximum atomic E-state index is 3.75. The topological polar surface area (TPSA) is 24.6 Å². The minimum Gasteiger partial charge on any atom is -0.321 e. The second kappa shape index (κ2) is 4.18. The predicted octanol–water partition coefficient (Wildman–Crippen LogP) is 2.74. The highest BCUT2D eigenvalue weighted by Crippen LogP contribution is 2.23. The molecule has 0 saturated carbocycles. The highest BCUT2D eigenvalue weighted by Gasteiger charge is 2.13. The van der Waals surface area contributed by atoms with Crippen molar-refractivity contribution in [2.24, 2.45) is 0 Å². The van der Waals surface area contributed by atoms with E-state index in [0.717, 1.165) is 12.4 Å². The molecule has 1 aromatic carbocycles. The normalized spacial score (nSPS) is 10.9. The number of hydrogen-bond donors (Lipinski definition) is 1. The molecule has 2 heterocycles. The van der Waals surface area contributed by atoms with Crippen LogP contribution in [0.25, 0.3) is 16.7 Å². The van der Waals surface area contributed by atoms with Gasteiger partial charge in [0.2, 0.25) is 12.1 Å². The van der Waals surface area contributed by atoms with Gasteiger partial charge in [0.05, 0.1) is 0 Å². The van der Waals surface area contributed by atoms with Crippen molar-refractivity contribution < 1.29 is 4.57 Å². The quantitative estimate of drug-likeness (QED) is 0.536. The first-order valence-electron chi connectivity index (χ1n) is 6.05. The van der Waals surface area contributed by atoms with Gasteiger partial charge in [-0.2, -0.15) is 4.57 Å². The van der Waals surface area contributed by atoms with Crippen LogP contribution in [-0.2, 0) is 6.54 Å². The number of fused-ring (bicyclic) bond motifs is 1. The van der Waals surface area contributed by atoms with Crippen LogP contribution in [0.3, 0.4) is 0 Å². The van der Waals surface area contributed by atoms with Gasteiger partial charge in [-0.1, -0.05) is 30.9 Å². The van der Waals surface area contributed by atoms with Crippen molar-refractivity contribution in [1.82, 2.24) is 9.55 Å². The zero-order valence-electron chi connectivity index (χ0n) is 10.4. The van der Waals surface area contributed by atoms with Crippen LogP contribution in [-0.4, -0.2) is 9.55 Å². The molecule has 3 aromatic rings. The fraction of sp³-hybridized carbons (Fsp3) is 0.133. The number of nitrogens with one attached hydrogen (secondary N) is 1. The van der Waals surface area contributed by atoms with E-state index in [1.165, 1.54) is 16.5 Å². The lowest BCUT2D eigenvalue weighted by atomic mass is 10.2. The lowest BCUT2D eigenvalue weighted by Crippen LogP contribution is -2.29. The average Bonchev–Trinajstić information content (AvgIpc) is 2.96. The highest BCUT2D eigenvalue weighted by molar-refractivity contribution is 5.86. The number of H-pyrrole nitrogens is 1. The molecular weight excluding hydrogens is 222 g/mol. The Hall–Kier alpha value is -2.29. The summed E-state index contributed by atoms with van der Waals surface area (Å²) in [6.07, 6.45) is 8.07. The van der Waals surface area contributed by atoms with Crippen LogP contribution in [0.15, 0.2) is 55.6 Å². The van der Waals surface area contributed by atoms with E-state index in [0.29, 0.717) is 0 Å². The second-order valence-corrected chi connectivity index (χ2v) is 4.45. The molecule has 0 bridgehead atoms. The van der Waals surface area contributed by atoms with Crippen molar-refractivity contribution in [2.45, 2.75) is 13.5 Å². The number of hydrogen-bond acceptors (Lipinski definition) is 0. The maximum absolute atomic E-state index is 3.75. The molecule has 0 fully saturated rings. The Bertz CT molecular complexity index is 703. The van der Waals surface area contributed by atoms with Crippen LogP contribution in [0, 0.1) is 6.92 Å². The molecule has 0 unspecified atom stereocenters. The van der Waals surface area contributed by atoms with Gasteiger partial charge < -0.3 is 4.98 Å². The molecule has 0 saturated heterocycles. The second-order valence-electron chi connectivity index (χ2n) is 4.45. The summed E-state index contributed by atoms with van der Waals surface area (Å²) in [5, 5.41) is 1.27. The van der Waals surface area contributed by atoms with Gasteiger partial charge in [-0.15, -0.1) is 0 Å². The summed E-state index contributed by atoms with van der Waals surface area (Å²) >= 11 is 0. The molecular formula is C15H16N3+. The number of imidazole rings is 1. The molecule has 0 aliphatic rings. The molecule has 3 nitrogen and oxygen atoms in total. The molecule has 0 aliphatic heterocycles. The molecule has 0 atom stereocenters. The standard InChI is InChI=1S/C15H16N3/c1-3-8-17-9-10-18(11-17)15-12(2)13-6-4-5-7-14(13)16-15/h3-7,9-11,16H,1,8H2,2H3/q+1. The van der Waals surface area contributed by atoms with E-state index in [2.05, 4.69) is 64.4 Å². The number of aromatic amines is 1. The summed E-state index contributed by atoms with van der Waals surface area (Å²) < 4.78 is 4.21. The van der Waals surface area contributed by atoms with Gasteiger partial charge in [0.15, 0.2) is 0 Å². The van der Waals surface area contributed by atoms with E-state index < -0.39 is 0 Å². The lowest BCUT2D eigenvalue weighted by molar-refractivity contribution is -0.686. The summed E-state index contributed by atoms with van der Waals surface area (Å²) in [4.78, 5) is 3.46. The third kappa shape index (κ3) is 1.64. The fourth-order valence-electron chi connectivity index (χ4n) is 2.31. The third-order valence-electron chi connectivity index (χ3n) is 3.23. The Morgan fingerprint density at radius 1 is 1.39 bits per heavy atom. The molecule has 3 heteroatoms. The SMILES string of the molecule is C=CC[n+]1ccn(-c2[nH]c3ccccc3c2C)c1. The Kier molecular flexibility index (Phi) is 2.52. The fourth-order valence-corrected chi connectivity index (χ4v) is 2.31. The molecule has 3 rings (SSSR count). The van der Waals surface area contributed by atoms with E-state index in [1.807, 2.05) is 12.3 Å². The molecule has 0 spiro atoms. The van der Waals surface area contributed by atoms with Crippen molar-refractivity contribution in [1.29, 1.82) is 0 Å². The van der Waals surface area contributed by atoms with Gasteiger partial charge in [0.1, 0.15) is 18.9 Å². The highest BCUT2D eigenvalue weighted by atomic mass is 15.2. The Morgan fingerprint density at radius 3 is 3.00 bits per heavy atom. The molecule has 90 valence electrons. The monoisotopic (exact) mass is 238 g/mol. The molecule has 2 aromatic heterocycles. The first-order valence-corrected chi connectivity index (χ1v) is 6.05. The van der Waals surface area contributed by atoms with Gasteiger partial charge in [0.25, 0.3) is 0 Å². The lowest BCUT2D eigenvalue weighted by Gasteiger charge is -1.93. The molecule has 0 radical (unpaired) electrons. The summed E-state index contributed by atoms with van der Waals surface area (Å²) in [7, 11) is 0. The molecule has 0 amide bonds. The van der Waals surface area contributed by atoms with Crippen molar-refractivity contribution in [2.75, 3.05) is 0 Å². The molecule has 18 heavy (non-hydrogen) atoms. The van der Waals surface area contributed by atoms with Crippen LogP contribution in [0.1, 0.15) is 5.56 Å². The van der Waals surface area contributed by atoms with Gasteiger partial charge in [0, 0.05) is 16.5 Å². The first kappa shape index (κ1) is 10.8. The van der Waals surface area contributed by atoms with Crippen LogP contribution in [0.5, 0.6) is 0 Å². The van der Waals surface area contributed by atoms with Crippen LogP contribution in [0.4, 0.5) is 0 Å². The summed E-state index contributed by atoms with van der Waals surface area (Å²) in [6.45, 7) is 6.72. The summed E-state index contributed by atoms with van der Waals surface area (Å²) in [5.74, 6) is 1.12. The minimum atomic E-state index is 0.826. The summed E-state index contributed by atoms with van der Waals surface area (Å²) in [6, 6.07) is 8.37. The number of aromatic nitrogens is 3. The van der Waals surface area contributed by atoms with E-state index in [-0.39, 0.29) is 0 Å². The van der Waals surface area contributed by atoms with Crippen molar-refractivity contribution in [3.63, 3.8) is 0 Å². The van der Waals surface area contributed by atoms with E-state index in [4.69, 9.17) is 0 Å². The van der Waals surface area contributed by atoms with Crippen LogP contribution < -0.4 is 4.57 Å². The predicted molar refractivity (Wildman–Crippen MR) is 72.8 cm³/mol. The smallest absolute Gasteiger partial charge is 0.250 e. The van der Waals surface area contributed by atoms with Crippen molar-refractivity contribution >= 4 is 10.9 Å². The first-order chi connectivity index (χ1) is 8.79. The van der Waals surface area contributed by atoms with E-state index in [1.54, 1.807) is 0 Å². The zero-order chi connectivity index (χ0) is 12.5. The Morgan fingerprint density at radius 2 is 2.22 bits per heavy atom.